The number of carboxylic acid groups (broad SMARTS) is 1. The van der Waals surface area contributed by atoms with Crippen LogP contribution in [0.25, 0.3) is 0 Å². The number of carboxylic acids is 1. The fraction of sp³-hybridized carbons (Fsp3) is 0.0769. The Hall–Kier alpha value is -2.36. The van der Waals surface area contributed by atoms with Gasteiger partial charge in [0.2, 0.25) is 0 Å². The number of ether oxygens (including phenoxy) is 1. The van der Waals surface area contributed by atoms with Gasteiger partial charge in [0.25, 0.3) is 0 Å². The van der Waals surface area contributed by atoms with Crippen molar-refractivity contribution in [2.24, 2.45) is 0 Å². The number of rotatable bonds is 3. The molecule has 4 nitrogen and oxygen atoms in total. The summed E-state index contributed by atoms with van der Waals surface area (Å²) in [5, 5.41) is 8.84. The molecule has 0 unspecified atom stereocenters. The molecule has 2 rings (SSSR count). The van der Waals surface area contributed by atoms with Crippen molar-refractivity contribution in [3.05, 3.63) is 53.9 Å². The molecule has 0 aliphatic heterocycles. The van der Waals surface area contributed by atoms with Crippen LogP contribution in [-0.4, -0.2) is 16.1 Å². The fourth-order valence-corrected chi connectivity index (χ4v) is 1.43. The van der Waals surface area contributed by atoms with Crippen LogP contribution in [-0.2, 0) is 0 Å². The van der Waals surface area contributed by atoms with Crippen molar-refractivity contribution in [1.29, 1.82) is 0 Å². The second-order valence-corrected chi connectivity index (χ2v) is 3.58. The molecule has 86 valence electrons. The lowest BCUT2D eigenvalue weighted by Crippen LogP contribution is -1.97. The molecular weight excluding hydrogens is 218 g/mol. The molecule has 17 heavy (non-hydrogen) atoms. The molecule has 1 heterocycles. The minimum Gasteiger partial charge on any atom is -0.478 e. The Morgan fingerprint density at radius 3 is 2.76 bits per heavy atom. The van der Waals surface area contributed by atoms with E-state index < -0.39 is 5.97 Å². The van der Waals surface area contributed by atoms with Crippen LogP contribution in [0.15, 0.2) is 42.7 Å². The van der Waals surface area contributed by atoms with Gasteiger partial charge in [0.1, 0.15) is 11.5 Å². The zero-order valence-electron chi connectivity index (χ0n) is 9.25. The van der Waals surface area contributed by atoms with Gasteiger partial charge in [-0.1, -0.05) is 0 Å². The van der Waals surface area contributed by atoms with Gasteiger partial charge in [0.05, 0.1) is 11.8 Å². The first-order chi connectivity index (χ1) is 8.16. The summed E-state index contributed by atoms with van der Waals surface area (Å²) in [4.78, 5) is 14.7. The number of pyridine rings is 1. The Kier molecular flexibility index (Phi) is 3.05. The van der Waals surface area contributed by atoms with Gasteiger partial charge in [0, 0.05) is 6.20 Å². The third-order valence-corrected chi connectivity index (χ3v) is 2.28. The van der Waals surface area contributed by atoms with Crippen LogP contribution in [0.1, 0.15) is 15.9 Å². The number of nitrogens with zero attached hydrogens (tertiary/aromatic N) is 1. The van der Waals surface area contributed by atoms with Crippen molar-refractivity contribution >= 4 is 5.97 Å². The van der Waals surface area contributed by atoms with Gasteiger partial charge in [0.15, 0.2) is 0 Å². The Bertz CT molecular complexity index is 538. The van der Waals surface area contributed by atoms with E-state index in [0.29, 0.717) is 11.5 Å². The predicted molar refractivity (Wildman–Crippen MR) is 62.4 cm³/mol. The molecule has 2 aromatic rings. The first-order valence-corrected chi connectivity index (χ1v) is 5.08. The molecule has 1 aromatic carbocycles. The van der Waals surface area contributed by atoms with Crippen LogP contribution >= 0.6 is 0 Å². The molecular formula is C13H11NO3. The van der Waals surface area contributed by atoms with Gasteiger partial charge in [-0.15, -0.1) is 0 Å². The second kappa shape index (κ2) is 4.65. The highest BCUT2D eigenvalue weighted by atomic mass is 16.5. The predicted octanol–water partition coefficient (Wildman–Crippen LogP) is 2.88. The highest BCUT2D eigenvalue weighted by Gasteiger charge is 2.07. The summed E-state index contributed by atoms with van der Waals surface area (Å²) in [5.74, 6) is 0.308. The minimum atomic E-state index is -0.943. The summed E-state index contributed by atoms with van der Waals surface area (Å²) in [6, 6.07) is 8.30. The van der Waals surface area contributed by atoms with Gasteiger partial charge < -0.3 is 9.84 Å². The largest absolute Gasteiger partial charge is 0.478 e. The highest BCUT2D eigenvalue weighted by molar-refractivity contribution is 5.88. The maximum Gasteiger partial charge on any atom is 0.335 e. The lowest BCUT2D eigenvalue weighted by Gasteiger charge is -2.08. The molecule has 1 N–H and O–H groups in total. The van der Waals surface area contributed by atoms with Crippen LogP contribution in [0, 0.1) is 6.92 Å². The lowest BCUT2D eigenvalue weighted by atomic mass is 10.1. The topological polar surface area (TPSA) is 59.4 Å². The molecule has 0 radical (unpaired) electrons. The number of aryl methyl sites for hydroxylation is 1. The maximum absolute atomic E-state index is 10.8. The van der Waals surface area contributed by atoms with E-state index in [0.717, 1.165) is 5.56 Å². The van der Waals surface area contributed by atoms with Crippen molar-refractivity contribution < 1.29 is 14.6 Å². The number of hydrogen-bond acceptors (Lipinski definition) is 3. The quantitative estimate of drug-likeness (QED) is 0.879. The van der Waals surface area contributed by atoms with E-state index in [1.165, 1.54) is 6.07 Å². The van der Waals surface area contributed by atoms with Crippen molar-refractivity contribution in [3.63, 3.8) is 0 Å². The van der Waals surface area contributed by atoms with Crippen LogP contribution < -0.4 is 4.74 Å². The van der Waals surface area contributed by atoms with Crippen molar-refractivity contribution in [1.82, 2.24) is 4.98 Å². The lowest BCUT2D eigenvalue weighted by molar-refractivity contribution is 0.0697. The first kappa shape index (κ1) is 11.1. The Balaban J connectivity index is 2.26. The van der Waals surface area contributed by atoms with E-state index >= 15 is 0 Å². The molecule has 0 amide bonds. The van der Waals surface area contributed by atoms with E-state index in [-0.39, 0.29) is 5.56 Å². The van der Waals surface area contributed by atoms with E-state index in [4.69, 9.17) is 9.84 Å². The van der Waals surface area contributed by atoms with E-state index in [1.54, 1.807) is 43.6 Å². The molecule has 0 saturated carbocycles. The average Bonchev–Trinajstić information content (AvgIpc) is 2.33. The Morgan fingerprint density at radius 1 is 1.35 bits per heavy atom. The van der Waals surface area contributed by atoms with E-state index in [9.17, 15) is 4.79 Å². The van der Waals surface area contributed by atoms with Crippen molar-refractivity contribution in [2.75, 3.05) is 0 Å². The SMILES string of the molecule is Cc1cc(C(=O)O)ccc1Oc1cccnc1. The minimum absolute atomic E-state index is 0.251. The fourth-order valence-electron chi connectivity index (χ4n) is 1.43. The number of aromatic nitrogens is 1. The van der Waals surface area contributed by atoms with Crippen molar-refractivity contribution in [3.8, 4) is 11.5 Å². The zero-order chi connectivity index (χ0) is 12.3. The smallest absolute Gasteiger partial charge is 0.335 e. The third kappa shape index (κ3) is 2.60. The molecule has 1 aromatic heterocycles. The molecule has 0 aliphatic rings. The summed E-state index contributed by atoms with van der Waals surface area (Å²) < 4.78 is 5.59. The molecule has 0 fully saturated rings. The Morgan fingerprint density at radius 2 is 2.18 bits per heavy atom. The summed E-state index contributed by atoms with van der Waals surface area (Å²) in [6.07, 6.45) is 3.26. The molecule has 0 atom stereocenters. The summed E-state index contributed by atoms with van der Waals surface area (Å²) >= 11 is 0. The maximum atomic E-state index is 10.8. The highest BCUT2D eigenvalue weighted by Crippen LogP contribution is 2.24. The summed E-state index contributed by atoms with van der Waals surface area (Å²) in [6.45, 7) is 1.80. The third-order valence-electron chi connectivity index (χ3n) is 2.28. The second-order valence-electron chi connectivity index (χ2n) is 3.58. The molecule has 0 bridgehead atoms. The first-order valence-electron chi connectivity index (χ1n) is 5.08. The van der Waals surface area contributed by atoms with Crippen LogP contribution in [0.3, 0.4) is 0 Å². The average molecular weight is 229 g/mol. The van der Waals surface area contributed by atoms with Crippen LogP contribution in [0.2, 0.25) is 0 Å². The number of hydrogen-bond donors (Lipinski definition) is 1. The number of aromatic carboxylic acids is 1. The number of carbonyl (C=O) groups is 1. The monoisotopic (exact) mass is 229 g/mol. The van der Waals surface area contributed by atoms with Gasteiger partial charge in [-0.25, -0.2) is 4.79 Å². The van der Waals surface area contributed by atoms with E-state index in [1.807, 2.05) is 0 Å². The van der Waals surface area contributed by atoms with Gasteiger partial charge in [-0.05, 0) is 42.8 Å². The molecule has 0 spiro atoms. The molecule has 0 aliphatic carbocycles. The van der Waals surface area contributed by atoms with E-state index in [2.05, 4.69) is 4.98 Å². The van der Waals surface area contributed by atoms with Gasteiger partial charge in [-0.2, -0.15) is 0 Å². The van der Waals surface area contributed by atoms with Crippen LogP contribution in [0.5, 0.6) is 11.5 Å². The molecule has 4 heteroatoms. The molecule has 0 saturated heterocycles. The summed E-state index contributed by atoms with van der Waals surface area (Å²) in [5.41, 5.74) is 1.02. The zero-order valence-corrected chi connectivity index (χ0v) is 9.25. The Labute approximate surface area is 98.5 Å². The number of benzene rings is 1. The van der Waals surface area contributed by atoms with Gasteiger partial charge in [-0.3, -0.25) is 4.98 Å². The van der Waals surface area contributed by atoms with Crippen molar-refractivity contribution in [2.45, 2.75) is 6.92 Å². The standard InChI is InChI=1S/C13H11NO3/c1-9-7-10(13(15)16)4-5-12(9)17-11-3-2-6-14-8-11/h2-8H,1H3,(H,15,16). The van der Waals surface area contributed by atoms with Crippen LogP contribution in [0.4, 0.5) is 0 Å². The normalized spacial score (nSPS) is 9.94. The van der Waals surface area contributed by atoms with Gasteiger partial charge >= 0.3 is 5.97 Å². The summed E-state index contributed by atoms with van der Waals surface area (Å²) in [7, 11) is 0.